The maximum atomic E-state index is 12.0. The molecule has 2 rings (SSSR count). The van der Waals surface area contributed by atoms with Gasteiger partial charge in [-0.25, -0.2) is 0 Å². The van der Waals surface area contributed by atoms with Gasteiger partial charge in [-0.3, -0.25) is 14.9 Å². The molecule has 1 N–H and O–H groups in total. The number of benzene rings is 1. The molecule has 1 aliphatic carbocycles. The maximum absolute atomic E-state index is 12.0. The summed E-state index contributed by atoms with van der Waals surface area (Å²) < 4.78 is 5.10. The molecule has 0 atom stereocenters. The van der Waals surface area contributed by atoms with Crippen LogP contribution < -0.4 is 5.32 Å². The number of carbonyl (C=O) groups is 1. The van der Waals surface area contributed by atoms with Crippen LogP contribution in [0.4, 0.5) is 5.69 Å². The second kappa shape index (κ2) is 5.54. The first-order chi connectivity index (χ1) is 9.01. The first-order valence-electron chi connectivity index (χ1n) is 5.79. The Morgan fingerprint density at radius 2 is 2.21 bits per heavy atom. The summed E-state index contributed by atoms with van der Waals surface area (Å²) in [6, 6.07) is 3.93. The van der Waals surface area contributed by atoms with E-state index in [4.69, 9.17) is 16.3 Å². The summed E-state index contributed by atoms with van der Waals surface area (Å²) in [5.41, 5.74) is -0.261. The summed E-state index contributed by atoms with van der Waals surface area (Å²) in [4.78, 5) is 22.3. The Morgan fingerprint density at radius 1 is 1.53 bits per heavy atom. The zero-order valence-electron chi connectivity index (χ0n) is 10.3. The van der Waals surface area contributed by atoms with Gasteiger partial charge in [-0.2, -0.15) is 0 Å². The predicted octanol–water partition coefficient (Wildman–Crippen LogP) is 2.16. The van der Waals surface area contributed by atoms with Gasteiger partial charge in [0, 0.05) is 24.2 Å². The molecule has 0 unspecified atom stereocenters. The van der Waals surface area contributed by atoms with Gasteiger partial charge < -0.3 is 10.1 Å². The fraction of sp³-hybridized carbons (Fsp3) is 0.417. The van der Waals surface area contributed by atoms with Crippen molar-refractivity contribution in [2.24, 2.45) is 0 Å². The Kier molecular flexibility index (Phi) is 4.01. The van der Waals surface area contributed by atoms with Crippen molar-refractivity contribution in [1.82, 2.24) is 5.32 Å². The molecule has 1 aliphatic rings. The highest BCUT2D eigenvalue weighted by atomic mass is 35.5. The molecule has 0 bridgehead atoms. The van der Waals surface area contributed by atoms with Gasteiger partial charge in [-0.1, -0.05) is 11.6 Å². The SMILES string of the molecule is COC1CC(NC(=O)c2cc(Cl)ccc2[N+](=O)[O-])C1. The van der Waals surface area contributed by atoms with Crippen LogP contribution in [0.5, 0.6) is 0 Å². The summed E-state index contributed by atoms with van der Waals surface area (Å²) in [6.45, 7) is 0. The van der Waals surface area contributed by atoms with Crippen LogP contribution in [-0.2, 0) is 4.74 Å². The number of carbonyl (C=O) groups excluding carboxylic acids is 1. The zero-order chi connectivity index (χ0) is 14.0. The van der Waals surface area contributed by atoms with Gasteiger partial charge in [0.05, 0.1) is 11.0 Å². The number of amides is 1. The van der Waals surface area contributed by atoms with Crippen LogP contribution in [-0.4, -0.2) is 30.1 Å². The highest BCUT2D eigenvalue weighted by Crippen LogP contribution is 2.26. The third-order valence-electron chi connectivity index (χ3n) is 3.16. The van der Waals surface area contributed by atoms with E-state index in [1.807, 2.05) is 0 Å². The number of nitro benzene ring substituents is 1. The molecule has 1 aromatic carbocycles. The molecule has 1 saturated carbocycles. The molecule has 6 nitrogen and oxygen atoms in total. The summed E-state index contributed by atoms with van der Waals surface area (Å²) in [5, 5.41) is 13.9. The molecule has 0 heterocycles. The Balaban J connectivity index is 2.10. The van der Waals surface area contributed by atoms with Gasteiger partial charge in [0.1, 0.15) is 5.56 Å². The number of nitrogens with one attached hydrogen (secondary N) is 1. The molecule has 7 heteroatoms. The molecule has 0 saturated heterocycles. The van der Waals surface area contributed by atoms with Crippen molar-refractivity contribution >= 4 is 23.2 Å². The van der Waals surface area contributed by atoms with Crippen molar-refractivity contribution in [1.29, 1.82) is 0 Å². The molecular formula is C12H13ClN2O4. The standard InChI is InChI=1S/C12H13ClN2O4/c1-19-9-5-8(6-9)14-12(16)10-4-7(13)2-3-11(10)15(17)18/h2-4,8-9H,5-6H2,1H3,(H,14,16). The summed E-state index contributed by atoms with van der Waals surface area (Å²) >= 11 is 5.77. The Labute approximate surface area is 114 Å². The number of hydrogen-bond donors (Lipinski definition) is 1. The van der Waals surface area contributed by atoms with Gasteiger partial charge in [-0.15, -0.1) is 0 Å². The first-order valence-corrected chi connectivity index (χ1v) is 6.16. The minimum Gasteiger partial charge on any atom is -0.381 e. The minimum absolute atomic E-state index is 0.00367. The van der Waals surface area contributed by atoms with Gasteiger partial charge >= 0.3 is 0 Å². The molecule has 0 aliphatic heterocycles. The largest absolute Gasteiger partial charge is 0.381 e. The second-order valence-corrected chi connectivity index (χ2v) is 4.85. The third kappa shape index (κ3) is 3.02. The van der Waals surface area contributed by atoms with Gasteiger partial charge in [0.15, 0.2) is 0 Å². The fourth-order valence-corrected chi connectivity index (χ4v) is 2.16. The van der Waals surface area contributed by atoms with E-state index in [0.29, 0.717) is 5.02 Å². The fourth-order valence-electron chi connectivity index (χ4n) is 1.99. The second-order valence-electron chi connectivity index (χ2n) is 4.42. The zero-order valence-corrected chi connectivity index (χ0v) is 11.0. The Morgan fingerprint density at radius 3 is 2.79 bits per heavy atom. The molecule has 1 aromatic rings. The predicted molar refractivity (Wildman–Crippen MR) is 69.4 cm³/mol. The number of methoxy groups -OCH3 is 1. The van der Waals surface area contributed by atoms with Crippen molar-refractivity contribution < 1.29 is 14.5 Å². The average Bonchev–Trinajstić information content (AvgIpc) is 2.32. The van der Waals surface area contributed by atoms with Crippen LogP contribution in [0.2, 0.25) is 5.02 Å². The Bertz CT molecular complexity index is 514. The lowest BCUT2D eigenvalue weighted by Crippen LogP contribution is -2.47. The normalized spacial score (nSPS) is 21.6. The summed E-state index contributed by atoms with van der Waals surface area (Å²) in [5.74, 6) is -0.478. The van der Waals surface area contributed by atoms with Crippen molar-refractivity contribution in [2.75, 3.05) is 7.11 Å². The van der Waals surface area contributed by atoms with E-state index in [0.717, 1.165) is 12.8 Å². The number of halogens is 1. The van der Waals surface area contributed by atoms with Crippen LogP contribution in [0.1, 0.15) is 23.2 Å². The van der Waals surface area contributed by atoms with E-state index in [1.54, 1.807) is 7.11 Å². The van der Waals surface area contributed by atoms with E-state index in [9.17, 15) is 14.9 Å². The molecule has 0 radical (unpaired) electrons. The topological polar surface area (TPSA) is 81.5 Å². The van der Waals surface area contributed by atoms with E-state index >= 15 is 0 Å². The van der Waals surface area contributed by atoms with E-state index in [2.05, 4.69) is 5.32 Å². The lowest BCUT2D eigenvalue weighted by Gasteiger charge is -2.34. The maximum Gasteiger partial charge on any atom is 0.282 e. The van der Waals surface area contributed by atoms with Crippen molar-refractivity contribution in [3.05, 3.63) is 38.9 Å². The van der Waals surface area contributed by atoms with Gasteiger partial charge in [0.2, 0.25) is 0 Å². The summed E-state index contributed by atoms with van der Waals surface area (Å²) in [7, 11) is 1.62. The van der Waals surface area contributed by atoms with Crippen molar-refractivity contribution in [2.45, 2.75) is 25.0 Å². The lowest BCUT2D eigenvalue weighted by atomic mass is 9.89. The Hall–Kier alpha value is -1.66. The minimum atomic E-state index is -0.593. The van der Waals surface area contributed by atoms with Crippen LogP contribution in [0.25, 0.3) is 0 Å². The monoisotopic (exact) mass is 284 g/mol. The van der Waals surface area contributed by atoms with E-state index in [1.165, 1.54) is 18.2 Å². The highest BCUT2D eigenvalue weighted by molar-refractivity contribution is 6.31. The van der Waals surface area contributed by atoms with Crippen LogP contribution in [0.15, 0.2) is 18.2 Å². The van der Waals surface area contributed by atoms with E-state index < -0.39 is 10.8 Å². The van der Waals surface area contributed by atoms with Crippen LogP contribution in [0.3, 0.4) is 0 Å². The van der Waals surface area contributed by atoms with Gasteiger partial charge in [-0.05, 0) is 25.0 Å². The number of nitro groups is 1. The quantitative estimate of drug-likeness (QED) is 0.678. The molecule has 1 amide bonds. The van der Waals surface area contributed by atoms with Crippen molar-refractivity contribution in [3.8, 4) is 0 Å². The van der Waals surface area contributed by atoms with E-state index in [-0.39, 0.29) is 23.4 Å². The molecule has 19 heavy (non-hydrogen) atoms. The molecular weight excluding hydrogens is 272 g/mol. The van der Waals surface area contributed by atoms with Gasteiger partial charge in [0.25, 0.3) is 11.6 Å². The smallest absolute Gasteiger partial charge is 0.282 e. The first kappa shape index (κ1) is 13.8. The van der Waals surface area contributed by atoms with Crippen molar-refractivity contribution in [3.63, 3.8) is 0 Å². The number of ether oxygens (including phenoxy) is 1. The third-order valence-corrected chi connectivity index (χ3v) is 3.40. The van der Waals surface area contributed by atoms with Crippen LogP contribution in [0, 0.1) is 10.1 Å². The number of hydrogen-bond acceptors (Lipinski definition) is 4. The molecule has 0 aromatic heterocycles. The lowest BCUT2D eigenvalue weighted by molar-refractivity contribution is -0.385. The van der Waals surface area contributed by atoms with Crippen LogP contribution >= 0.6 is 11.6 Å². The number of rotatable bonds is 4. The molecule has 1 fully saturated rings. The molecule has 102 valence electrons. The highest BCUT2D eigenvalue weighted by Gasteiger charge is 2.31. The number of nitrogens with zero attached hydrogens (tertiary/aromatic N) is 1. The molecule has 0 spiro atoms. The average molecular weight is 285 g/mol. The summed E-state index contributed by atoms with van der Waals surface area (Å²) in [6.07, 6.45) is 1.59.